The van der Waals surface area contributed by atoms with Crippen LogP contribution in [0.3, 0.4) is 0 Å². The van der Waals surface area contributed by atoms with E-state index in [4.69, 9.17) is 4.74 Å². The Hall–Kier alpha value is -2.14. The second kappa shape index (κ2) is 7.45. The lowest BCUT2D eigenvalue weighted by atomic mass is 10.3. The Labute approximate surface area is 118 Å². The van der Waals surface area contributed by atoms with Crippen LogP contribution < -0.4 is 5.32 Å². The maximum absolute atomic E-state index is 11.6. The highest BCUT2D eigenvalue weighted by molar-refractivity contribution is 5.75. The topological polar surface area (TPSA) is 56.1 Å². The normalized spacial score (nSPS) is 10.4. The van der Waals surface area contributed by atoms with Crippen molar-refractivity contribution in [3.8, 4) is 5.69 Å². The van der Waals surface area contributed by atoms with Gasteiger partial charge in [-0.3, -0.25) is 4.79 Å². The summed E-state index contributed by atoms with van der Waals surface area (Å²) < 4.78 is 6.71. The highest BCUT2D eigenvalue weighted by Gasteiger charge is 2.03. The summed E-state index contributed by atoms with van der Waals surface area (Å²) in [5.41, 5.74) is 1.99. The average molecular weight is 273 g/mol. The summed E-state index contributed by atoms with van der Waals surface area (Å²) in [6, 6.07) is 9.87. The Morgan fingerprint density at radius 2 is 2.15 bits per heavy atom. The van der Waals surface area contributed by atoms with Crippen LogP contribution in [0.15, 0.2) is 42.7 Å². The van der Waals surface area contributed by atoms with Crippen molar-refractivity contribution in [2.24, 2.45) is 0 Å². The number of aromatic nitrogens is 2. The van der Waals surface area contributed by atoms with Crippen LogP contribution in [0.1, 0.15) is 18.4 Å². The zero-order valence-electron chi connectivity index (χ0n) is 11.6. The zero-order valence-corrected chi connectivity index (χ0v) is 11.6. The Kier molecular flexibility index (Phi) is 5.32. The number of benzene rings is 1. The molecule has 0 aliphatic rings. The van der Waals surface area contributed by atoms with Gasteiger partial charge in [-0.1, -0.05) is 18.2 Å². The number of hydrogen-bond acceptors (Lipinski definition) is 3. The molecule has 0 aliphatic carbocycles. The second-order valence-electron chi connectivity index (χ2n) is 4.50. The smallest absolute Gasteiger partial charge is 0.220 e. The Bertz CT molecular complexity index is 537. The number of methoxy groups -OCH3 is 1. The molecule has 2 aromatic rings. The van der Waals surface area contributed by atoms with Crippen molar-refractivity contribution >= 4 is 5.91 Å². The molecule has 5 heteroatoms. The van der Waals surface area contributed by atoms with E-state index >= 15 is 0 Å². The van der Waals surface area contributed by atoms with Gasteiger partial charge in [0.1, 0.15) is 0 Å². The van der Waals surface area contributed by atoms with Gasteiger partial charge in [0.15, 0.2) is 0 Å². The lowest BCUT2D eigenvalue weighted by Gasteiger charge is -2.03. The summed E-state index contributed by atoms with van der Waals surface area (Å²) in [6.07, 6.45) is 4.92. The van der Waals surface area contributed by atoms with Gasteiger partial charge in [-0.15, -0.1) is 0 Å². The van der Waals surface area contributed by atoms with E-state index in [0.29, 0.717) is 19.6 Å². The molecule has 1 N–H and O–H groups in total. The highest BCUT2D eigenvalue weighted by atomic mass is 16.5. The van der Waals surface area contributed by atoms with Crippen LogP contribution in [0.2, 0.25) is 0 Å². The molecule has 1 heterocycles. The fraction of sp³-hybridized carbons (Fsp3) is 0.333. The Balaban J connectivity index is 1.83. The first kappa shape index (κ1) is 14.3. The third kappa shape index (κ3) is 4.20. The van der Waals surface area contributed by atoms with Crippen molar-refractivity contribution in [3.05, 3.63) is 48.3 Å². The predicted molar refractivity (Wildman–Crippen MR) is 76.5 cm³/mol. The van der Waals surface area contributed by atoms with Crippen LogP contribution in [0.25, 0.3) is 5.69 Å². The summed E-state index contributed by atoms with van der Waals surface area (Å²) in [5.74, 6) is 0.0366. The van der Waals surface area contributed by atoms with Crippen LogP contribution >= 0.6 is 0 Å². The quantitative estimate of drug-likeness (QED) is 0.784. The number of para-hydroxylation sites is 1. The fourth-order valence-corrected chi connectivity index (χ4v) is 1.84. The van der Waals surface area contributed by atoms with Gasteiger partial charge in [-0.25, -0.2) is 4.68 Å². The van der Waals surface area contributed by atoms with Gasteiger partial charge in [0.2, 0.25) is 5.91 Å². The monoisotopic (exact) mass is 273 g/mol. The molecule has 1 amide bonds. The van der Waals surface area contributed by atoms with Crippen molar-refractivity contribution in [1.29, 1.82) is 0 Å². The van der Waals surface area contributed by atoms with E-state index in [9.17, 15) is 4.79 Å². The van der Waals surface area contributed by atoms with Crippen LogP contribution in [0, 0.1) is 0 Å². The van der Waals surface area contributed by atoms with E-state index < -0.39 is 0 Å². The lowest BCUT2D eigenvalue weighted by molar-refractivity contribution is -0.121. The van der Waals surface area contributed by atoms with Crippen molar-refractivity contribution in [2.45, 2.75) is 19.4 Å². The SMILES string of the molecule is COCCCC(=O)NCc1cnn(-c2ccccc2)c1. The van der Waals surface area contributed by atoms with Gasteiger partial charge in [-0.05, 0) is 18.6 Å². The largest absolute Gasteiger partial charge is 0.385 e. The van der Waals surface area contributed by atoms with Crippen molar-refractivity contribution in [2.75, 3.05) is 13.7 Å². The number of nitrogens with one attached hydrogen (secondary N) is 1. The van der Waals surface area contributed by atoms with E-state index in [1.54, 1.807) is 18.0 Å². The molecule has 0 radical (unpaired) electrons. The number of carbonyl (C=O) groups is 1. The first-order chi connectivity index (χ1) is 9.79. The molecule has 0 spiro atoms. The third-order valence-electron chi connectivity index (χ3n) is 2.90. The Morgan fingerprint density at radius 1 is 1.35 bits per heavy atom. The van der Waals surface area contributed by atoms with Gasteiger partial charge in [-0.2, -0.15) is 5.10 Å². The molecule has 0 unspecified atom stereocenters. The number of ether oxygens (including phenoxy) is 1. The first-order valence-electron chi connectivity index (χ1n) is 6.64. The van der Waals surface area contributed by atoms with Gasteiger partial charge in [0.25, 0.3) is 0 Å². The molecule has 0 fully saturated rings. The van der Waals surface area contributed by atoms with Crippen molar-refractivity contribution in [1.82, 2.24) is 15.1 Å². The standard InChI is InChI=1S/C15H19N3O2/c1-20-9-5-8-15(19)16-10-13-11-17-18(12-13)14-6-3-2-4-7-14/h2-4,6-7,11-12H,5,8-10H2,1H3,(H,16,19). The molecule has 1 aromatic heterocycles. The molecule has 20 heavy (non-hydrogen) atoms. The molecule has 0 aliphatic heterocycles. The van der Waals surface area contributed by atoms with Gasteiger partial charge in [0.05, 0.1) is 11.9 Å². The first-order valence-corrected chi connectivity index (χ1v) is 6.64. The minimum Gasteiger partial charge on any atom is -0.385 e. The number of rotatable bonds is 7. The number of nitrogens with zero attached hydrogens (tertiary/aromatic N) is 2. The predicted octanol–water partition coefficient (Wildman–Crippen LogP) is 1.92. The molecule has 0 bridgehead atoms. The van der Waals surface area contributed by atoms with Crippen molar-refractivity contribution < 1.29 is 9.53 Å². The molecule has 2 rings (SSSR count). The minimum atomic E-state index is 0.0366. The van der Waals surface area contributed by atoms with Gasteiger partial charge in [0, 0.05) is 38.4 Å². The molecule has 0 saturated carbocycles. The summed E-state index contributed by atoms with van der Waals surface area (Å²) in [5, 5.41) is 7.16. The maximum Gasteiger partial charge on any atom is 0.220 e. The molecule has 106 valence electrons. The summed E-state index contributed by atoms with van der Waals surface area (Å²) >= 11 is 0. The van der Waals surface area contributed by atoms with E-state index in [0.717, 1.165) is 17.7 Å². The summed E-state index contributed by atoms with van der Waals surface area (Å²) in [6.45, 7) is 1.11. The Morgan fingerprint density at radius 3 is 2.90 bits per heavy atom. The molecular weight excluding hydrogens is 254 g/mol. The second-order valence-corrected chi connectivity index (χ2v) is 4.50. The van der Waals surface area contributed by atoms with Crippen LogP contribution in [-0.4, -0.2) is 29.4 Å². The van der Waals surface area contributed by atoms with Crippen LogP contribution in [-0.2, 0) is 16.1 Å². The average Bonchev–Trinajstić information content (AvgIpc) is 2.95. The third-order valence-corrected chi connectivity index (χ3v) is 2.90. The number of carbonyl (C=O) groups excluding carboxylic acids is 1. The fourth-order valence-electron chi connectivity index (χ4n) is 1.84. The van der Waals surface area contributed by atoms with Crippen LogP contribution in [0.4, 0.5) is 0 Å². The van der Waals surface area contributed by atoms with Gasteiger partial charge >= 0.3 is 0 Å². The highest BCUT2D eigenvalue weighted by Crippen LogP contribution is 2.07. The summed E-state index contributed by atoms with van der Waals surface area (Å²) in [4.78, 5) is 11.6. The lowest BCUT2D eigenvalue weighted by Crippen LogP contribution is -2.22. The summed E-state index contributed by atoms with van der Waals surface area (Å²) in [7, 11) is 1.63. The van der Waals surface area contributed by atoms with E-state index in [1.165, 1.54) is 0 Å². The van der Waals surface area contributed by atoms with Crippen molar-refractivity contribution in [3.63, 3.8) is 0 Å². The molecule has 5 nitrogen and oxygen atoms in total. The molecule has 0 atom stereocenters. The van der Waals surface area contributed by atoms with E-state index in [2.05, 4.69) is 10.4 Å². The van der Waals surface area contributed by atoms with E-state index in [1.807, 2.05) is 36.5 Å². The minimum absolute atomic E-state index is 0.0366. The molecular formula is C15H19N3O2. The van der Waals surface area contributed by atoms with Gasteiger partial charge < -0.3 is 10.1 Å². The van der Waals surface area contributed by atoms with E-state index in [-0.39, 0.29) is 5.91 Å². The zero-order chi connectivity index (χ0) is 14.2. The molecule has 0 saturated heterocycles. The number of amides is 1. The van der Waals surface area contributed by atoms with Crippen LogP contribution in [0.5, 0.6) is 0 Å². The molecule has 1 aromatic carbocycles. The number of hydrogen-bond donors (Lipinski definition) is 1. The maximum atomic E-state index is 11.6.